The zero-order valence-electron chi connectivity index (χ0n) is 11.0. The molecule has 100 valence electrons. The number of nitrogens with zero attached hydrogens (tertiary/aromatic N) is 1. The first-order valence-corrected chi connectivity index (χ1v) is 6.95. The van der Waals surface area contributed by atoms with Crippen LogP contribution in [0.2, 0.25) is 0 Å². The van der Waals surface area contributed by atoms with Gasteiger partial charge in [0.05, 0.1) is 23.2 Å². The molecule has 0 radical (unpaired) electrons. The van der Waals surface area contributed by atoms with Crippen LogP contribution in [-0.2, 0) is 4.79 Å². The van der Waals surface area contributed by atoms with E-state index in [2.05, 4.69) is 10.3 Å². The van der Waals surface area contributed by atoms with Crippen LogP contribution >= 0.6 is 11.3 Å². The third kappa shape index (κ3) is 3.19. The van der Waals surface area contributed by atoms with Crippen molar-refractivity contribution in [2.45, 2.75) is 19.9 Å². The molecule has 0 aliphatic heterocycles. The Labute approximate surface area is 116 Å². The average Bonchev–Trinajstić information content (AvgIpc) is 2.81. The molecule has 2 aromatic rings. The molecule has 1 aromatic carbocycles. The molecule has 19 heavy (non-hydrogen) atoms. The average molecular weight is 275 g/mol. The van der Waals surface area contributed by atoms with Crippen LogP contribution in [-0.4, -0.2) is 17.4 Å². The minimum atomic E-state index is -0.151. The Morgan fingerprint density at radius 3 is 2.74 bits per heavy atom. The van der Waals surface area contributed by atoms with Gasteiger partial charge in [-0.15, -0.1) is 11.3 Å². The number of aromatic nitrogens is 1. The second-order valence-corrected chi connectivity index (χ2v) is 5.36. The van der Waals surface area contributed by atoms with E-state index < -0.39 is 0 Å². The molecule has 0 aliphatic carbocycles. The summed E-state index contributed by atoms with van der Waals surface area (Å²) in [4.78, 5) is 17.0. The second-order valence-electron chi connectivity index (χ2n) is 4.33. The first-order valence-electron chi connectivity index (χ1n) is 6.14. The Balaban J connectivity index is 2.24. The number of nitrogens with one attached hydrogen (secondary N) is 1. The van der Waals surface area contributed by atoms with Crippen LogP contribution < -0.4 is 11.1 Å². The topological polar surface area (TPSA) is 68.0 Å². The van der Waals surface area contributed by atoms with Crippen molar-refractivity contribution in [1.29, 1.82) is 0 Å². The van der Waals surface area contributed by atoms with Crippen molar-refractivity contribution in [2.24, 2.45) is 5.73 Å². The number of thiazole rings is 1. The van der Waals surface area contributed by atoms with Crippen molar-refractivity contribution < 1.29 is 4.79 Å². The maximum absolute atomic E-state index is 11.3. The molecule has 0 bridgehead atoms. The number of nitrogens with two attached hydrogens (primary N) is 1. The molecule has 4 nitrogen and oxygen atoms in total. The van der Waals surface area contributed by atoms with Gasteiger partial charge < -0.3 is 11.1 Å². The molecular formula is C14H17N3OS. The third-order valence-corrected chi connectivity index (χ3v) is 4.20. The Bertz CT molecular complexity index is 565. The van der Waals surface area contributed by atoms with E-state index in [0.29, 0.717) is 0 Å². The zero-order chi connectivity index (χ0) is 13.8. The summed E-state index contributed by atoms with van der Waals surface area (Å²) in [5.74, 6) is -0.151. The molecular weight excluding hydrogens is 258 g/mol. The van der Waals surface area contributed by atoms with Gasteiger partial charge in [-0.2, -0.15) is 0 Å². The first-order chi connectivity index (χ1) is 9.11. The van der Waals surface area contributed by atoms with E-state index in [9.17, 15) is 4.79 Å². The normalized spacial score (nSPS) is 12.2. The summed E-state index contributed by atoms with van der Waals surface area (Å²) >= 11 is 1.61. The van der Waals surface area contributed by atoms with Gasteiger partial charge in [0.1, 0.15) is 5.01 Å². The van der Waals surface area contributed by atoms with Crippen LogP contribution in [0.5, 0.6) is 0 Å². The van der Waals surface area contributed by atoms with Crippen LogP contribution in [0.15, 0.2) is 30.3 Å². The molecule has 1 amide bonds. The summed E-state index contributed by atoms with van der Waals surface area (Å²) < 4.78 is 0. The van der Waals surface area contributed by atoms with E-state index in [-0.39, 0.29) is 18.5 Å². The minimum absolute atomic E-state index is 0.00767. The first kappa shape index (κ1) is 13.7. The highest BCUT2D eigenvalue weighted by Crippen LogP contribution is 2.31. The molecule has 1 aromatic heterocycles. The van der Waals surface area contributed by atoms with Crippen LogP contribution in [0, 0.1) is 6.92 Å². The van der Waals surface area contributed by atoms with Crippen LogP contribution in [0.3, 0.4) is 0 Å². The summed E-state index contributed by atoms with van der Waals surface area (Å²) in [6.45, 7) is 3.92. The van der Waals surface area contributed by atoms with Crippen molar-refractivity contribution in [3.63, 3.8) is 0 Å². The number of carbonyl (C=O) groups is 1. The summed E-state index contributed by atoms with van der Waals surface area (Å²) in [7, 11) is 0. The zero-order valence-corrected chi connectivity index (χ0v) is 11.8. The predicted octanol–water partition coefficient (Wildman–Crippen LogP) is 2.25. The van der Waals surface area contributed by atoms with E-state index >= 15 is 0 Å². The highest BCUT2D eigenvalue weighted by atomic mass is 32.1. The monoisotopic (exact) mass is 275 g/mol. The smallest absolute Gasteiger partial charge is 0.234 e. The SMILES string of the molecule is Cc1nc(-c2ccccc2)sc1C(C)NC(=O)CN. The predicted molar refractivity (Wildman–Crippen MR) is 77.9 cm³/mol. The lowest BCUT2D eigenvalue weighted by Crippen LogP contribution is -2.32. The molecule has 1 heterocycles. The Kier molecular flexibility index (Phi) is 4.29. The van der Waals surface area contributed by atoms with Gasteiger partial charge in [0.15, 0.2) is 0 Å². The van der Waals surface area contributed by atoms with E-state index in [1.165, 1.54) is 0 Å². The largest absolute Gasteiger partial charge is 0.348 e. The molecule has 2 rings (SSSR count). The minimum Gasteiger partial charge on any atom is -0.348 e. The maximum atomic E-state index is 11.3. The number of rotatable bonds is 4. The van der Waals surface area contributed by atoms with E-state index in [1.54, 1.807) is 11.3 Å². The number of carbonyl (C=O) groups excluding carboxylic acids is 1. The Morgan fingerprint density at radius 2 is 2.11 bits per heavy atom. The van der Waals surface area contributed by atoms with Crippen LogP contribution in [0.1, 0.15) is 23.5 Å². The summed E-state index contributed by atoms with van der Waals surface area (Å²) in [5.41, 5.74) is 7.36. The summed E-state index contributed by atoms with van der Waals surface area (Å²) in [6, 6.07) is 9.97. The fourth-order valence-corrected chi connectivity index (χ4v) is 2.95. The van der Waals surface area contributed by atoms with Gasteiger partial charge in [-0.05, 0) is 13.8 Å². The van der Waals surface area contributed by atoms with Gasteiger partial charge in [0.2, 0.25) is 5.91 Å². The fraction of sp³-hybridized carbons (Fsp3) is 0.286. The highest BCUT2D eigenvalue weighted by molar-refractivity contribution is 7.15. The van der Waals surface area contributed by atoms with Crippen molar-refractivity contribution in [3.8, 4) is 10.6 Å². The van der Waals surface area contributed by atoms with Gasteiger partial charge in [0.25, 0.3) is 0 Å². The standard InChI is InChI=1S/C14H17N3OS/c1-9(16-12(18)8-15)13-10(2)17-14(19-13)11-6-4-3-5-7-11/h3-7,9H,8,15H2,1-2H3,(H,16,18). The van der Waals surface area contributed by atoms with Crippen molar-refractivity contribution in [3.05, 3.63) is 40.9 Å². The van der Waals surface area contributed by atoms with Gasteiger partial charge in [0, 0.05) is 5.56 Å². The van der Waals surface area contributed by atoms with Crippen LogP contribution in [0.25, 0.3) is 10.6 Å². The Hall–Kier alpha value is -1.72. The molecule has 3 N–H and O–H groups in total. The lowest BCUT2D eigenvalue weighted by Gasteiger charge is -2.11. The molecule has 0 aliphatic rings. The number of hydrogen-bond donors (Lipinski definition) is 2. The van der Waals surface area contributed by atoms with E-state index in [4.69, 9.17) is 5.73 Å². The molecule has 1 unspecified atom stereocenters. The molecule has 0 saturated heterocycles. The van der Waals surface area contributed by atoms with Crippen LogP contribution in [0.4, 0.5) is 0 Å². The third-order valence-electron chi connectivity index (χ3n) is 2.81. The molecule has 5 heteroatoms. The lowest BCUT2D eigenvalue weighted by molar-refractivity contribution is -0.120. The maximum Gasteiger partial charge on any atom is 0.234 e. The van der Waals surface area contributed by atoms with Gasteiger partial charge in [-0.3, -0.25) is 4.79 Å². The van der Waals surface area contributed by atoms with Crippen molar-refractivity contribution in [1.82, 2.24) is 10.3 Å². The summed E-state index contributed by atoms with van der Waals surface area (Å²) in [6.07, 6.45) is 0. The number of aryl methyl sites for hydroxylation is 1. The van der Waals surface area contributed by atoms with Gasteiger partial charge in [-0.25, -0.2) is 4.98 Å². The Morgan fingerprint density at radius 1 is 1.42 bits per heavy atom. The molecule has 0 fully saturated rings. The quantitative estimate of drug-likeness (QED) is 0.899. The van der Waals surface area contributed by atoms with Gasteiger partial charge in [-0.1, -0.05) is 30.3 Å². The molecule has 1 atom stereocenters. The van der Waals surface area contributed by atoms with E-state index in [1.807, 2.05) is 44.2 Å². The fourth-order valence-electron chi connectivity index (χ4n) is 1.88. The lowest BCUT2D eigenvalue weighted by atomic mass is 10.2. The van der Waals surface area contributed by atoms with E-state index in [0.717, 1.165) is 21.1 Å². The highest BCUT2D eigenvalue weighted by Gasteiger charge is 2.16. The number of hydrogen-bond acceptors (Lipinski definition) is 4. The van der Waals surface area contributed by atoms with Crippen molar-refractivity contribution in [2.75, 3.05) is 6.54 Å². The molecule has 0 spiro atoms. The second kappa shape index (κ2) is 5.95. The van der Waals surface area contributed by atoms with Crippen molar-refractivity contribution >= 4 is 17.2 Å². The molecule has 0 saturated carbocycles. The summed E-state index contributed by atoms with van der Waals surface area (Å²) in [5, 5.41) is 3.83. The number of amides is 1. The number of benzene rings is 1. The van der Waals surface area contributed by atoms with Gasteiger partial charge >= 0.3 is 0 Å².